The summed E-state index contributed by atoms with van der Waals surface area (Å²) in [6.07, 6.45) is 5.55. The molecule has 0 aliphatic carbocycles. The lowest BCUT2D eigenvalue weighted by Crippen LogP contribution is -2.48. The van der Waals surface area contributed by atoms with Gasteiger partial charge in [0.15, 0.2) is 11.7 Å². The number of aromatic nitrogens is 1. The second kappa shape index (κ2) is 15.0. The van der Waals surface area contributed by atoms with Gasteiger partial charge < -0.3 is 24.8 Å². The Morgan fingerprint density at radius 3 is 2.66 bits per heavy atom. The molecule has 0 amide bonds. The standard InChI is InChI=1S/C21H39N5O2.HI/c1-5-17(6-2)20-15-19(28-25-20)16-23-21(22-7-3)24-18-9-12-26(13-10-18)11-8-14-27-4;/h15,17-18H,5-14,16H2,1-4H3,(H2,22,23,24);1H. The van der Waals surface area contributed by atoms with Crippen LogP contribution in [0.25, 0.3) is 0 Å². The number of nitrogens with zero attached hydrogens (tertiary/aromatic N) is 3. The number of hydrogen-bond donors (Lipinski definition) is 2. The molecular formula is C21H40IN5O2. The molecule has 0 unspecified atom stereocenters. The fourth-order valence-electron chi connectivity index (χ4n) is 3.71. The maximum Gasteiger partial charge on any atom is 0.191 e. The molecule has 0 atom stereocenters. The van der Waals surface area contributed by atoms with Crippen LogP contribution in [0.2, 0.25) is 0 Å². The highest BCUT2D eigenvalue weighted by molar-refractivity contribution is 14.0. The molecule has 168 valence electrons. The minimum absolute atomic E-state index is 0. The summed E-state index contributed by atoms with van der Waals surface area (Å²) >= 11 is 0. The minimum atomic E-state index is 0. The molecule has 2 rings (SSSR count). The van der Waals surface area contributed by atoms with Crippen molar-refractivity contribution in [1.29, 1.82) is 0 Å². The molecule has 2 heterocycles. The number of aliphatic imine (C=N–C) groups is 1. The first kappa shape index (κ1) is 26.2. The van der Waals surface area contributed by atoms with Crippen LogP contribution >= 0.6 is 24.0 Å². The van der Waals surface area contributed by atoms with Crippen LogP contribution in [0.4, 0.5) is 0 Å². The lowest BCUT2D eigenvalue weighted by molar-refractivity contribution is 0.155. The summed E-state index contributed by atoms with van der Waals surface area (Å²) in [5.41, 5.74) is 1.05. The van der Waals surface area contributed by atoms with Gasteiger partial charge in [-0.2, -0.15) is 0 Å². The number of piperidine rings is 1. The predicted octanol–water partition coefficient (Wildman–Crippen LogP) is 3.75. The molecule has 1 aliphatic heterocycles. The number of nitrogens with one attached hydrogen (secondary N) is 2. The number of likely N-dealkylation sites (tertiary alicyclic amines) is 1. The number of guanidine groups is 1. The zero-order valence-corrected chi connectivity index (χ0v) is 20.9. The third-order valence-electron chi connectivity index (χ3n) is 5.47. The van der Waals surface area contributed by atoms with Gasteiger partial charge in [0.25, 0.3) is 0 Å². The summed E-state index contributed by atoms with van der Waals surface area (Å²) in [5, 5.41) is 11.2. The van der Waals surface area contributed by atoms with Crippen LogP contribution in [0.15, 0.2) is 15.6 Å². The van der Waals surface area contributed by atoms with Crippen LogP contribution in [0.3, 0.4) is 0 Å². The van der Waals surface area contributed by atoms with Crippen molar-refractivity contribution in [3.05, 3.63) is 17.5 Å². The van der Waals surface area contributed by atoms with E-state index >= 15 is 0 Å². The molecule has 0 spiro atoms. The van der Waals surface area contributed by atoms with Crippen molar-refractivity contribution in [3.8, 4) is 0 Å². The third-order valence-corrected chi connectivity index (χ3v) is 5.47. The third kappa shape index (κ3) is 9.21. The molecule has 1 aromatic heterocycles. The molecule has 1 aliphatic rings. The Balaban J connectivity index is 0.00000420. The summed E-state index contributed by atoms with van der Waals surface area (Å²) in [4.78, 5) is 7.24. The van der Waals surface area contributed by atoms with E-state index in [9.17, 15) is 0 Å². The van der Waals surface area contributed by atoms with E-state index in [2.05, 4.69) is 47.5 Å². The Morgan fingerprint density at radius 1 is 1.31 bits per heavy atom. The van der Waals surface area contributed by atoms with Gasteiger partial charge in [-0.1, -0.05) is 19.0 Å². The SMILES string of the molecule is CCNC(=NCc1cc(C(CC)CC)no1)NC1CCN(CCCOC)CC1.I. The Labute approximate surface area is 193 Å². The van der Waals surface area contributed by atoms with Crippen LogP contribution in [0, 0.1) is 0 Å². The van der Waals surface area contributed by atoms with Gasteiger partial charge in [-0.3, -0.25) is 0 Å². The topological polar surface area (TPSA) is 74.9 Å². The summed E-state index contributed by atoms with van der Waals surface area (Å²) in [6, 6.07) is 2.52. The molecule has 2 N–H and O–H groups in total. The van der Waals surface area contributed by atoms with Crippen LogP contribution in [-0.4, -0.2) is 62.0 Å². The van der Waals surface area contributed by atoms with Crippen molar-refractivity contribution < 1.29 is 9.26 Å². The van der Waals surface area contributed by atoms with E-state index in [0.29, 0.717) is 18.5 Å². The van der Waals surface area contributed by atoms with E-state index in [4.69, 9.17) is 14.3 Å². The van der Waals surface area contributed by atoms with Crippen molar-refractivity contribution >= 4 is 29.9 Å². The molecule has 0 aromatic carbocycles. The number of rotatable bonds is 11. The second-order valence-corrected chi connectivity index (χ2v) is 7.53. The van der Waals surface area contributed by atoms with Crippen LogP contribution in [0.1, 0.15) is 70.2 Å². The van der Waals surface area contributed by atoms with E-state index in [-0.39, 0.29) is 24.0 Å². The molecule has 1 fully saturated rings. The van der Waals surface area contributed by atoms with Crippen molar-refractivity contribution in [1.82, 2.24) is 20.7 Å². The second-order valence-electron chi connectivity index (χ2n) is 7.53. The van der Waals surface area contributed by atoms with Gasteiger partial charge in [-0.15, -0.1) is 24.0 Å². The lowest BCUT2D eigenvalue weighted by atomic mass is 9.99. The normalized spacial score (nSPS) is 16.1. The van der Waals surface area contributed by atoms with Gasteiger partial charge in [-0.25, -0.2) is 4.99 Å². The van der Waals surface area contributed by atoms with Crippen molar-refractivity contribution in [3.63, 3.8) is 0 Å². The number of ether oxygens (including phenoxy) is 1. The molecule has 0 saturated carbocycles. The molecule has 8 heteroatoms. The summed E-state index contributed by atoms with van der Waals surface area (Å²) in [6.45, 7) is 12.1. The highest BCUT2D eigenvalue weighted by Gasteiger charge is 2.20. The van der Waals surface area contributed by atoms with Crippen molar-refractivity contribution in [2.24, 2.45) is 4.99 Å². The Hall–Kier alpha value is -0.870. The highest BCUT2D eigenvalue weighted by Crippen LogP contribution is 2.22. The first-order chi connectivity index (χ1) is 13.7. The number of hydrogen-bond acceptors (Lipinski definition) is 5. The highest BCUT2D eigenvalue weighted by atomic mass is 127. The molecule has 0 bridgehead atoms. The fraction of sp³-hybridized carbons (Fsp3) is 0.810. The summed E-state index contributed by atoms with van der Waals surface area (Å²) < 4.78 is 10.6. The maximum absolute atomic E-state index is 5.50. The van der Waals surface area contributed by atoms with Gasteiger partial charge in [-0.05, 0) is 39.0 Å². The molecule has 1 aromatic rings. The zero-order valence-electron chi connectivity index (χ0n) is 18.6. The average Bonchev–Trinajstić information content (AvgIpc) is 3.17. The van der Waals surface area contributed by atoms with Crippen molar-refractivity contribution in [2.45, 2.75) is 71.4 Å². The molecular weight excluding hydrogens is 481 g/mol. The van der Waals surface area contributed by atoms with Gasteiger partial charge in [0.05, 0.1) is 5.69 Å². The van der Waals surface area contributed by atoms with E-state index in [1.807, 2.05) is 0 Å². The molecule has 1 saturated heterocycles. The maximum atomic E-state index is 5.50. The Morgan fingerprint density at radius 2 is 2.03 bits per heavy atom. The van der Waals surface area contributed by atoms with Gasteiger partial charge >= 0.3 is 0 Å². The van der Waals surface area contributed by atoms with Crippen LogP contribution in [0.5, 0.6) is 0 Å². The minimum Gasteiger partial charge on any atom is -0.385 e. The first-order valence-corrected chi connectivity index (χ1v) is 10.9. The van der Waals surface area contributed by atoms with Crippen LogP contribution in [-0.2, 0) is 11.3 Å². The van der Waals surface area contributed by atoms with E-state index in [1.165, 1.54) is 0 Å². The largest absolute Gasteiger partial charge is 0.385 e. The predicted molar refractivity (Wildman–Crippen MR) is 129 cm³/mol. The smallest absolute Gasteiger partial charge is 0.191 e. The molecule has 29 heavy (non-hydrogen) atoms. The summed E-state index contributed by atoms with van der Waals surface area (Å²) in [7, 11) is 1.77. The molecule has 7 nitrogen and oxygen atoms in total. The lowest BCUT2D eigenvalue weighted by Gasteiger charge is -2.33. The Kier molecular flexibility index (Phi) is 13.5. The quantitative estimate of drug-likeness (QED) is 0.200. The van der Waals surface area contributed by atoms with E-state index < -0.39 is 0 Å². The zero-order chi connectivity index (χ0) is 20.2. The van der Waals surface area contributed by atoms with Crippen molar-refractivity contribution in [2.75, 3.05) is 39.9 Å². The first-order valence-electron chi connectivity index (χ1n) is 10.9. The Bertz CT molecular complexity index is 569. The van der Waals surface area contributed by atoms with E-state index in [0.717, 1.165) is 82.3 Å². The van der Waals surface area contributed by atoms with E-state index in [1.54, 1.807) is 7.11 Å². The monoisotopic (exact) mass is 521 g/mol. The summed E-state index contributed by atoms with van der Waals surface area (Å²) in [5.74, 6) is 2.16. The average molecular weight is 521 g/mol. The molecule has 0 radical (unpaired) electrons. The van der Waals surface area contributed by atoms with Gasteiger partial charge in [0.1, 0.15) is 6.54 Å². The van der Waals surface area contributed by atoms with Gasteiger partial charge in [0, 0.05) is 57.9 Å². The fourth-order valence-corrected chi connectivity index (χ4v) is 3.71. The number of methoxy groups -OCH3 is 1. The number of halogens is 1. The van der Waals surface area contributed by atoms with Gasteiger partial charge in [0.2, 0.25) is 0 Å². The van der Waals surface area contributed by atoms with Crippen LogP contribution < -0.4 is 10.6 Å².